The van der Waals surface area contributed by atoms with Crippen molar-refractivity contribution in [1.29, 1.82) is 0 Å². The predicted octanol–water partition coefficient (Wildman–Crippen LogP) is 2.81. The molecule has 0 amide bonds. The number of phenols is 1. The van der Waals surface area contributed by atoms with Gasteiger partial charge >= 0.3 is 0 Å². The Hall–Kier alpha value is -1.06. The molecule has 0 spiro atoms. The largest absolute Gasteiger partial charge is 0.508 e. The Morgan fingerprint density at radius 2 is 2.07 bits per heavy atom. The van der Waals surface area contributed by atoms with Gasteiger partial charge in [-0.3, -0.25) is 0 Å². The molecular formula is C12H12BrNO. The van der Waals surface area contributed by atoms with Crippen molar-refractivity contribution in [1.82, 2.24) is 0 Å². The van der Waals surface area contributed by atoms with Crippen molar-refractivity contribution in [3.63, 3.8) is 0 Å². The first-order valence-corrected chi connectivity index (χ1v) is 5.62. The number of rotatable bonds is 2. The van der Waals surface area contributed by atoms with E-state index >= 15 is 0 Å². The zero-order chi connectivity index (χ0) is 10.8. The zero-order valence-electron chi connectivity index (χ0n) is 8.20. The van der Waals surface area contributed by atoms with Crippen LogP contribution in [0.2, 0.25) is 0 Å². The van der Waals surface area contributed by atoms with Gasteiger partial charge in [-0.1, -0.05) is 34.1 Å². The first-order chi connectivity index (χ1) is 7.22. The van der Waals surface area contributed by atoms with Crippen molar-refractivity contribution < 1.29 is 5.11 Å². The van der Waals surface area contributed by atoms with Crippen LogP contribution in [0.25, 0.3) is 10.8 Å². The minimum Gasteiger partial charge on any atom is -0.508 e. The average Bonchev–Trinajstić information content (AvgIpc) is 2.17. The summed E-state index contributed by atoms with van der Waals surface area (Å²) >= 11 is 3.47. The summed E-state index contributed by atoms with van der Waals surface area (Å²) < 4.78 is 0.918. The van der Waals surface area contributed by atoms with Crippen molar-refractivity contribution in [2.45, 2.75) is 6.42 Å². The number of phenolic OH excluding ortho intramolecular Hbond substituents is 1. The van der Waals surface area contributed by atoms with Crippen LogP contribution in [0.4, 0.5) is 0 Å². The van der Waals surface area contributed by atoms with Gasteiger partial charge in [0.1, 0.15) is 5.75 Å². The van der Waals surface area contributed by atoms with E-state index in [1.807, 2.05) is 12.1 Å². The fourth-order valence-corrected chi connectivity index (χ4v) is 2.52. The molecule has 2 rings (SSSR count). The molecule has 0 atom stereocenters. The second-order valence-corrected chi connectivity index (χ2v) is 4.34. The molecule has 0 radical (unpaired) electrons. The summed E-state index contributed by atoms with van der Waals surface area (Å²) in [6.45, 7) is 0.631. The van der Waals surface area contributed by atoms with Gasteiger partial charge in [-0.15, -0.1) is 0 Å². The standard InChI is InChI=1S/C12H12BrNO/c13-11-7-10(15)6-9-3-1-2-8(4-5-14)12(9)11/h1-3,6-7,15H,4-5,14H2. The fourth-order valence-electron chi connectivity index (χ4n) is 1.80. The lowest BCUT2D eigenvalue weighted by atomic mass is 10.0. The van der Waals surface area contributed by atoms with E-state index in [0.29, 0.717) is 6.54 Å². The normalized spacial score (nSPS) is 10.8. The molecule has 0 aliphatic rings. The number of hydrogen-bond acceptors (Lipinski definition) is 2. The van der Waals surface area contributed by atoms with Crippen LogP contribution in [0.15, 0.2) is 34.8 Å². The Labute approximate surface area is 96.8 Å². The molecular weight excluding hydrogens is 254 g/mol. The summed E-state index contributed by atoms with van der Waals surface area (Å²) in [4.78, 5) is 0. The third-order valence-electron chi connectivity index (χ3n) is 2.41. The summed E-state index contributed by atoms with van der Waals surface area (Å²) in [5.74, 6) is 0.277. The fraction of sp³-hybridized carbons (Fsp3) is 0.167. The van der Waals surface area contributed by atoms with Gasteiger partial charge in [0.2, 0.25) is 0 Å². The van der Waals surface area contributed by atoms with Crippen molar-refractivity contribution >= 4 is 26.7 Å². The highest BCUT2D eigenvalue weighted by molar-refractivity contribution is 9.10. The summed E-state index contributed by atoms with van der Waals surface area (Å²) in [6, 6.07) is 9.51. The highest BCUT2D eigenvalue weighted by Crippen LogP contribution is 2.31. The van der Waals surface area contributed by atoms with E-state index in [4.69, 9.17) is 5.73 Å². The monoisotopic (exact) mass is 265 g/mol. The Balaban J connectivity index is 2.73. The Kier molecular flexibility index (Phi) is 2.93. The first-order valence-electron chi connectivity index (χ1n) is 4.82. The van der Waals surface area contributed by atoms with Gasteiger partial charge in [0.25, 0.3) is 0 Å². The van der Waals surface area contributed by atoms with Crippen LogP contribution >= 0.6 is 15.9 Å². The van der Waals surface area contributed by atoms with Gasteiger partial charge in [0.15, 0.2) is 0 Å². The number of fused-ring (bicyclic) bond motifs is 1. The third-order valence-corrected chi connectivity index (χ3v) is 3.04. The number of halogens is 1. The molecule has 0 saturated carbocycles. The van der Waals surface area contributed by atoms with E-state index in [9.17, 15) is 5.11 Å². The summed E-state index contributed by atoms with van der Waals surface area (Å²) in [5, 5.41) is 11.7. The van der Waals surface area contributed by atoms with Gasteiger partial charge in [0.05, 0.1) is 0 Å². The van der Waals surface area contributed by atoms with Gasteiger partial charge < -0.3 is 10.8 Å². The molecule has 0 heterocycles. The van der Waals surface area contributed by atoms with Crippen LogP contribution in [0.5, 0.6) is 5.75 Å². The topological polar surface area (TPSA) is 46.2 Å². The number of hydrogen-bond donors (Lipinski definition) is 2. The molecule has 0 bridgehead atoms. The van der Waals surface area contributed by atoms with E-state index < -0.39 is 0 Å². The van der Waals surface area contributed by atoms with E-state index in [-0.39, 0.29) is 5.75 Å². The minimum atomic E-state index is 0.277. The second kappa shape index (κ2) is 4.21. The molecule has 0 aromatic heterocycles. The highest BCUT2D eigenvalue weighted by Gasteiger charge is 2.05. The molecule has 2 nitrogen and oxygen atoms in total. The SMILES string of the molecule is NCCc1cccc2cc(O)cc(Br)c12. The van der Waals surface area contributed by atoms with Crippen LogP contribution in [0.1, 0.15) is 5.56 Å². The molecule has 0 aliphatic heterocycles. The lowest BCUT2D eigenvalue weighted by molar-refractivity contribution is 0.476. The van der Waals surface area contributed by atoms with Crippen molar-refractivity contribution in [2.75, 3.05) is 6.54 Å². The lowest BCUT2D eigenvalue weighted by Gasteiger charge is -2.08. The Morgan fingerprint density at radius 3 is 2.80 bits per heavy atom. The van der Waals surface area contributed by atoms with Crippen molar-refractivity contribution in [2.24, 2.45) is 5.73 Å². The Morgan fingerprint density at radius 1 is 1.27 bits per heavy atom. The van der Waals surface area contributed by atoms with Crippen molar-refractivity contribution in [3.05, 3.63) is 40.4 Å². The molecule has 78 valence electrons. The molecule has 3 heteroatoms. The maximum Gasteiger partial charge on any atom is 0.117 e. The van der Waals surface area contributed by atoms with Crippen LogP contribution in [-0.2, 0) is 6.42 Å². The molecule has 0 fully saturated rings. The molecule has 2 aromatic rings. The van der Waals surface area contributed by atoms with Crippen LogP contribution in [0.3, 0.4) is 0 Å². The van der Waals surface area contributed by atoms with E-state index in [1.54, 1.807) is 12.1 Å². The number of nitrogens with two attached hydrogens (primary N) is 1. The average molecular weight is 266 g/mol. The third kappa shape index (κ3) is 1.98. The number of aromatic hydroxyl groups is 1. The molecule has 15 heavy (non-hydrogen) atoms. The van der Waals surface area contributed by atoms with E-state index in [1.165, 1.54) is 5.56 Å². The van der Waals surface area contributed by atoms with Crippen LogP contribution in [0, 0.1) is 0 Å². The maximum absolute atomic E-state index is 9.48. The molecule has 2 aromatic carbocycles. The molecule has 0 unspecified atom stereocenters. The minimum absolute atomic E-state index is 0.277. The quantitative estimate of drug-likeness (QED) is 0.877. The lowest BCUT2D eigenvalue weighted by Crippen LogP contribution is -2.03. The highest BCUT2D eigenvalue weighted by atomic mass is 79.9. The summed E-state index contributed by atoms with van der Waals surface area (Å²) in [7, 11) is 0. The van der Waals surface area contributed by atoms with Crippen LogP contribution < -0.4 is 5.73 Å². The Bertz CT molecular complexity index is 496. The summed E-state index contributed by atoms with van der Waals surface area (Å²) in [5.41, 5.74) is 6.78. The van der Waals surface area contributed by atoms with Gasteiger partial charge in [-0.2, -0.15) is 0 Å². The molecule has 0 saturated heterocycles. The zero-order valence-corrected chi connectivity index (χ0v) is 9.79. The van der Waals surface area contributed by atoms with Gasteiger partial charge in [0, 0.05) is 4.47 Å². The smallest absolute Gasteiger partial charge is 0.117 e. The summed E-state index contributed by atoms with van der Waals surface area (Å²) in [6.07, 6.45) is 0.848. The van der Waals surface area contributed by atoms with Gasteiger partial charge in [-0.05, 0) is 41.4 Å². The molecule has 0 aliphatic carbocycles. The predicted molar refractivity (Wildman–Crippen MR) is 66.1 cm³/mol. The van der Waals surface area contributed by atoms with Crippen molar-refractivity contribution in [3.8, 4) is 5.75 Å². The van der Waals surface area contributed by atoms with E-state index in [0.717, 1.165) is 21.7 Å². The van der Waals surface area contributed by atoms with E-state index in [2.05, 4.69) is 22.0 Å². The van der Waals surface area contributed by atoms with Crippen LogP contribution in [-0.4, -0.2) is 11.7 Å². The molecule has 3 N–H and O–H groups in total. The first kappa shape index (κ1) is 10.5. The second-order valence-electron chi connectivity index (χ2n) is 3.48. The van der Waals surface area contributed by atoms with Gasteiger partial charge in [-0.25, -0.2) is 0 Å². The maximum atomic E-state index is 9.48. The number of benzene rings is 2.